The summed E-state index contributed by atoms with van der Waals surface area (Å²) in [7, 11) is 1.46. The number of aliphatic hydroxyl groups is 1. The number of aliphatic hydroxyl groups excluding tert-OH is 1. The summed E-state index contributed by atoms with van der Waals surface area (Å²) in [6.07, 6.45) is 3.58. The van der Waals surface area contributed by atoms with E-state index in [2.05, 4.69) is 4.98 Å². The first-order valence-electron chi connectivity index (χ1n) is 14.0. The third-order valence-corrected chi connectivity index (χ3v) is 9.28. The number of cyclic esters (lactones) is 1. The van der Waals surface area contributed by atoms with Crippen molar-refractivity contribution in [2.45, 2.75) is 83.3 Å². The lowest BCUT2D eigenvalue weighted by atomic mass is 9.57. The number of aromatic nitrogens is 1. The molecule has 218 valence electrons. The quantitative estimate of drug-likeness (QED) is 0.318. The predicted octanol–water partition coefficient (Wildman–Crippen LogP) is 2.97. The molecule has 0 aromatic carbocycles. The molecule has 4 bridgehead atoms. The van der Waals surface area contributed by atoms with E-state index in [-0.39, 0.29) is 30.1 Å². The van der Waals surface area contributed by atoms with Crippen LogP contribution >= 0.6 is 0 Å². The van der Waals surface area contributed by atoms with Crippen molar-refractivity contribution < 1.29 is 43.2 Å². The standard InChI is InChI=1S/C30H39NO9/c1-14-12-15(2)30-19(13-22(36-6)29(35)38-25(14)17(4)37-18(5)32)9-10-20-23(30)24(33)16(3)26(27(20)40-30)39-28(34)21-8-7-11-31-21/h7-12,14,16-17,19-20,22-27,31,33H,13H2,1-6H3/b15-12+/t14-,16-,17?,19?,20-,22+,23+,24-,25?,26-,27-,30+/m1/s1. The molecule has 1 spiro atoms. The summed E-state index contributed by atoms with van der Waals surface area (Å²) in [6.45, 7) is 8.75. The van der Waals surface area contributed by atoms with Gasteiger partial charge < -0.3 is 33.8 Å². The van der Waals surface area contributed by atoms with Crippen molar-refractivity contribution in [2.75, 3.05) is 7.11 Å². The molecule has 4 aliphatic rings. The molecule has 3 heterocycles. The minimum Gasteiger partial charge on any atom is -0.459 e. The lowest BCUT2D eigenvalue weighted by Gasteiger charge is -2.48. The highest BCUT2D eigenvalue weighted by Crippen LogP contribution is 2.61. The molecular weight excluding hydrogens is 518 g/mol. The molecule has 2 N–H and O–H groups in total. The van der Waals surface area contributed by atoms with Crippen LogP contribution in [-0.4, -0.2) is 77.3 Å². The fourth-order valence-corrected chi connectivity index (χ4v) is 7.46. The van der Waals surface area contributed by atoms with Crippen molar-refractivity contribution in [3.8, 4) is 0 Å². The average Bonchev–Trinajstić information content (AvgIpc) is 3.50. The molecule has 5 rings (SSSR count). The monoisotopic (exact) mass is 557 g/mol. The van der Waals surface area contributed by atoms with E-state index < -0.39 is 66.1 Å². The number of hydrogen-bond acceptors (Lipinski definition) is 9. The van der Waals surface area contributed by atoms with Gasteiger partial charge in [0.25, 0.3) is 0 Å². The van der Waals surface area contributed by atoms with Crippen LogP contribution in [0.5, 0.6) is 0 Å². The maximum atomic E-state index is 13.3. The van der Waals surface area contributed by atoms with E-state index in [0.29, 0.717) is 5.69 Å². The van der Waals surface area contributed by atoms with Crippen molar-refractivity contribution in [1.29, 1.82) is 0 Å². The van der Waals surface area contributed by atoms with E-state index in [1.54, 1.807) is 25.3 Å². The van der Waals surface area contributed by atoms with E-state index in [9.17, 15) is 19.5 Å². The molecule has 0 amide bonds. The lowest BCUT2D eigenvalue weighted by molar-refractivity contribution is -0.178. The highest BCUT2D eigenvalue weighted by atomic mass is 16.6. The molecule has 40 heavy (non-hydrogen) atoms. The van der Waals surface area contributed by atoms with Gasteiger partial charge in [0.05, 0.1) is 6.10 Å². The zero-order chi connectivity index (χ0) is 28.9. The zero-order valence-electron chi connectivity index (χ0n) is 23.7. The summed E-state index contributed by atoms with van der Waals surface area (Å²) in [4.78, 5) is 40.8. The molecule has 3 unspecified atom stereocenters. The van der Waals surface area contributed by atoms with Crippen LogP contribution in [0.3, 0.4) is 0 Å². The number of H-pyrrole nitrogens is 1. The Morgan fingerprint density at radius 1 is 1.25 bits per heavy atom. The Balaban J connectivity index is 1.56. The Kier molecular flexibility index (Phi) is 7.71. The Morgan fingerprint density at radius 2 is 2.00 bits per heavy atom. The smallest absolute Gasteiger partial charge is 0.355 e. The molecule has 0 radical (unpaired) electrons. The van der Waals surface area contributed by atoms with Gasteiger partial charge in [-0.05, 0) is 38.0 Å². The van der Waals surface area contributed by atoms with E-state index in [1.807, 2.05) is 39.0 Å². The predicted molar refractivity (Wildman–Crippen MR) is 142 cm³/mol. The topological polar surface area (TPSA) is 133 Å². The second-order valence-electron chi connectivity index (χ2n) is 11.7. The molecule has 2 aliphatic carbocycles. The number of methoxy groups -OCH3 is 1. The van der Waals surface area contributed by atoms with Crippen LogP contribution in [-0.2, 0) is 33.3 Å². The second kappa shape index (κ2) is 10.8. The summed E-state index contributed by atoms with van der Waals surface area (Å²) >= 11 is 0. The number of esters is 3. The highest BCUT2D eigenvalue weighted by Gasteiger charge is 2.69. The second-order valence-corrected chi connectivity index (χ2v) is 11.7. The molecule has 1 saturated heterocycles. The van der Waals surface area contributed by atoms with Crippen LogP contribution in [0.2, 0.25) is 0 Å². The first-order valence-corrected chi connectivity index (χ1v) is 14.0. The molecule has 2 fully saturated rings. The number of ether oxygens (including phenoxy) is 5. The van der Waals surface area contributed by atoms with E-state index in [1.165, 1.54) is 14.0 Å². The molecule has 2 aliphatic heterocycles. The molecule has 10 nitrogen and oxygen atoms in total. The molecule has 1 aromatic heterocycles. The van der Waals surface area contributed by atoms with E-state index in [0.717, 1.165) is 5.57 Å². The summed E-state index contributed by atoms with van der Waals surface area (Å²) in [5.41, 5.74) is 0.236. The van der Waals surface area contributed by atoms with Gasteiger partial charge in [-0.15, -0.1) is 0 Å². The summed E-state index contributed by atoms with van der Waals surface area (Å²) in [6, 6.07) is 3.36. The fourth-order valence-electron chi connectivity index (χ4n) is 7.46. The van der Waals surface area contributed by atoms with Gasteiger partial charge in [0, 0.05) is 49.8 Å². The SMILES string of the molecule is CO[C@H]1CC2C=C[C@H]3[C@H]4O[C@]2(/C(C)=C/[C@@H](C)C(C(C)OC(C)=O)OC1=O)[C@@H]3[C@H](O)[C@@H](C)[C@H]4OC(=O)c1ccc[nH]1. The number of hydrogen-bond donors (Lipinski definition) is 2. The first kappa shape index (κ1) is 28.6. The minimum atomic E-state index is -0.969. The Hall–Kier alpha value is -2.95. The normalized spacial score (nSPS) is 42.6. The van der Waals surface area contributed by atoms with E-state index >= 15 is 0 Å². The lowest BCUT2D eigenvalue weighted by Crippen LogP contribution is -2.57. The summed E-state index contributed by atoms with van der Waals surface area (Å²) in [5, 5.41) is 11.8. The van der Waals surface area contributed by atoms with Gasteiger partial charge in [0.2, 0.25) is 0 Å². The van der Waals surface area contributed by atoms with Crippen LogP contribution < -0.4 is 0 Å². The molecule has 1 aromatic rings. The Morgan fingerprint density at radius 3 is 2.65 bits per heavy atom. The van der Waals surface area contributed by atoms with Crippen molar-refractivity contribution in [2.24, 2.45) is 29.6 Å². The third kappa shape index (κ3) is 4.59. The molecular formula is C30H39NO9. The number of nitrogens with one attached hydrogen (secondary N) is 1. The van der Waals surface area contributed by atoms with Crippen LogP contribution in [0.1, 0.15) is 51.5 Å². The van der Waals surface area contributed by atoms with Crippen LogP contribution in [0, 0.1) is 29.6 Å². The van der Waals surface area contributed by atoms with Crippen molar-refractivity contribution in [3.05, 3.63) is 47.8 Å². The van der Waals surface area contributed by atoms with Gasteiger partial charge in [-0.3, -0.25) is 4.79 Å². The van der Waals surface area contributed by atoms with Crippen LogP contribution in [0.25, 0.3) is 0 Å². The maximum absolute atomic E-state index is 13.3. The Bertz CT molecular complexity index is 1190. The van der Waals surface area contributed by atoms with E-state index in [4.69, 9.17) is 23.7 Å². The molecule has 12 atom stereocenters. The zero-order valence-corrected chi connectivity index (χ0v) is 23.7. The van der Waals surface area contributed by atoms with Gasteiger partial charge in [0.15, 0.2) is 6.10 Å². The maximum Gasteiger partial charge on any atom is 0.355 e. The van der Waals surface area contributed by atoms with Gasteiger partial charge in [-0.25, -0.2) is 9.59 Å². The van der Waals surface area contributed by atoms with Gasteiger partial charge in [-0.1, -0.05) is 32.1 Å². The van der Waals surface area contributed by atoms with Crippen molar-refractivity contribution in [1.82, 2.24) is 4.98 Å². The van der Waals surface area contributed by atoms with Crippen molar-refractivity contribution >= 4 is 17.9 Å². The highest BCUT2D eigenvalue weighted by molar-refractivity contribution is 5.87. The first-order chi connectivity index (χ1) is 19.0. The molecule has 1 saturated carbocycles. The summed E-state index contributed by atoms with van der Waals surface area (Å²) < 4.78 is 29.9. The number of aromatic amines is 1. The molecule has 10 heteroatoms. The minimum absolute atomic E-state index is 0.200. The fraction of sp³-hybridized carbons (Fsp3) is 0.633. The summed E-state index contributed by atoms with van der Waals surface area (Å²) in [5.74, 6) is -3.12. The van der Waals surface area contributed by atoms with Crippen LogP contribution in [0.15, 0.2) is 42.1 Å². The Labute approximate surface area is 234 Å². The largest absolute Gasteiger partial charge is 0.459 e. The van der Waals surface area contributed by atoms with Gasteiger partial charge in [0.1, 0.15) is 35.7 Å². The van der Waals surface area contributed by atoms with Gasteiger partial charge >= 0.3 is 17.9 Å². The third-order valence-electron chi connectivity index (χ3n) is 9.28. The van der Waals surface area contributed by atoms with Crippen molar-refractivity contribution in [3.63, 3.8) is 0 Å². The van der Waals surface area contributed by atoms with Crippen LogP contribution in [0.4, 0.5) is 0 Å². The average molecular weight is 558 g/mol. The number of carbonyl (C=O) groups is 3. The number of carbonyl (C=O) groups excluding carboxylic acids is 3. The van der Waals surface area contributed by atoms with Gasteiger partial charge in [-0.2, -0.15) is 0 Å². The number of rotatable bonds is 5.